The molecule has 7 heteroatoms. The fraction of sp³-hybridized carbons (Fsp3) is 0.550. The third-order valence-electron chi connectivity index (χ3n) is 5.92. The highest BCUT2D eigenvalue weighted by Crippen LogP contribution is 2.59. The van der Waals surface area contributed by atoms with E-state index >= 15 is 0 Å². The molecule has 0 bridgehead atoms. The van der Waals surface area contributed by atoms with Crippen molar-refractivity contribution in [3.05, 3.63) is 36.4 Å². The minimum Gasteiger partial charge on any atom is -0.497 e. The molecule has 1 aromatic carbocycles. The van der Waals surface area contributed by atoms with E-state index in [1.165, 1.54) is 0 Å². The molecule has 2 aliphatic rings. The summed E-state index contributed by atoms with van der Waals surface area (Å²) in [7, 11) is -1.06. The van der Waals surface area contributed by atoms with Crippen LogP contribution >= 0.6 is 0 Å². The summed E-state index contributed by atoms with van der Waals surface area (Å²) >= 11 is 0. The summed E-state index contributed by atoms with van der Waals surface area (Å²) in [5.41, 5.74) is 0.208. The molecular formula is C20H29NO5Si. The third-order valence-corrected chi connectivity index (χ3v) is 8.42. The number of ether oxygens (including phenoxy) is 2. The third kappa shape index (κ3) is 2.93. The molecule has 2 N–H and O–H groups in total. The lowest BCUT2D eigenvalue weighted by molar-refractivity contribution is -0.146. The molecule has 0 aromatic heterocycles. The molecule has 0 saturated carbocycles. The first-order valence-corrected chi connectivity index (χ1v) is 12.4. The van der Waals surface area contributed by atoms with Crippen LogP contribution in [0.5, 0.6) is 5.75 Å². The monoisotopic (exact) mass is 391 g/mol. The molecule has 0 aliphatic carbocycles. The highest BCUT2D eigenvalue weighted by molar-refractivity contribution is 6.71. The SMILES string of the molecule is C=CCN1C(=O)[C@]2(O[C@H](CCO)[C@@H]([Si](C)(C)O)[C@@H]2C)c2cc(OC)ccc21. The number of aliphatic hydroxyl groups excluding tert-OH is 1. The van der Waals surface area contributed by atoms with Crippen LogP contribution in [0.25, 0.3) is 0 Å². The molecule has 1 spiro atoms. The van der Waals surface area contributed by atoms with Gasteiger partial charge in [0.2, 0.25) is 0 Å². The van der Waals surface area contributed by atoms with Gasteiger partial charge in [0.05, 0.1) is 18.9 Å². The molecule has 148 valence electrons. The molecule has 1 amide bonds. The van der Waals surface area contributed by atoms with Crippen molar-refractivity contribution in [1.29, 1.82) is 0 Å². The molecule has 2 heterocycles. The van der Waals surface area contributed by atoms with Gasteiger partial charge < -0.3 is 24.3 Å². The number of nitrogens with zero attached hydrogens (tertiary/aromatic N) is 1. The van der Waals surface area contributed by atoms with Gasteiger partial charge in [-0.2, -0.15) is 0 Å². The molecule has 6 nitrogen and oxygen atoms in total. The number of methoxy groups -OCH3 is 1. The van der Waals surface area contributed by atoms with Gasteiger partial charge in [0, 0.05) is 30.2 Å². The summed E-state index contributed by atoms with van der Waals surface area (Å²) in [5, 5.41) is 9.53. The van der Waals surface area contributed by atoms with Crippen LogP contribution in [-0.2, 0) is 15.1 Å². The number of carbonyl (C=O) groups is 1. The second-order valence-electron chi connectivity index (χ2n) is 7.96. The Morgan fingerprint density at radius 3 is 2.70 bits per heavy atom. The van der Waals surface area contributed by atoms with Gasteiger partial charge in [0.25, 0.3) is 5.91 Å². The fourth-order valence-electron chi connectivity index (χ4n) is 4.89. The van der Waals surface area contributed by atoms with E-state index in [4.69, 9.17) is 9.47 Å². The van der Waals surface area contributed by atoms with Crippen LogP contribution in [0.3, 0.4) is 0 Å². The average Bonchev–Trinajstić information content (AvgIpc) is 3.03. The number of hydrogen-bond acceptors (Lipinski definition) is 5. The lowest BCUT2D eigenvalue weighted by Gasteiger charge is -2.32. The van der Waals surface area contributed by atoms with Gasteiger partial charge >= 0.3 is 0 Å². The van der Waals surface area contributed by atoms with Crippen LogP contribution in [-0.4, -0.2) is 50.5 Å². The van der Waals surface area contributed by atoms with E-state index in [-0.39, 0.29) is 30.1 Å². The van der Waals surface area contributed by atoms with Crippen LogP contribution in [0, 0.1) is 5.92 Å². The number of rotatable bonds is 6. The van der Waals surface area contributed by atoms with Gasteiger partial charge in [0.15, 0.2) is 13.9 Å². The molecular weight excluding hydrogens is 362 g/mol. The Balaban J connectivity index is 2.19. The van der Waals surface area contributed by atoms with E-state index in [2.05, 4.69) is 6.58 Å². The minimum absolute atomic E-state index is 0.0516. The Labute approximate surface area is 161 Å². The van der Waals surface area contributed by atoms with Crippen molar-refractivity contribution < 1.29 is 24.2 Å². The normalized spacial score (nSPS) is 30.1. The predicted molar refractivity (Wildman–Crippen MR) is 106 cm³/mol. The van der Waals surface area contributed by atoms with Gasteiger partial charge in [-0.15, -0.1) is 6.58 Å². The average molecular weight is 392 g/mol. The van der Waals surface area contributed by atoms with Crippen LogP contribution in [0.2, 0.25) is 18.6 Å². The van der Waals surface area contributed by atoms with Gasteiger partial charge in [-0.25, -0.2) is 0 Å². The number of carbonyl (C=O) groups excluding carboxylic acids is 1. The molecule has 0 radical (unpaired) electrons. The first-order valence-electron chi connectivity index (χ1n) is 9.34. The maximum Gasteiger partial charge on any atom is 0.264 e. The number of anilines is 1. The van der Waals surface area contributed by atoms with Crippen LogP contribution < -0.4 is 9.64 Å². The van der Waals surface area contributed by atoms with Crippen molar-refractivity contribution in [2.24, 2.45) is 5.92 Å². The first kappa shape index (κ1) is 20.1. The molecule has 1 saturated heterocycles. The molecule has 4 atom stereocenters. The van der Waals surface area contributed by atoms with E-state index in [1.807, 2.05) is 38.2 Å². The number of amides is 1. The van der Waals surface area contributed by atoms with Crippen molar-refractivity contribution in [3.63, 3.8) is 0 Å². The van der Waals surface area contributed by atoms with E-state index in [1.54, 1.807) is 18.1 Å². The number of benzene rings is 1. The van der Waals surface area contributed by atoms with Crippen molar-refractivity contribution in [2.45, 2.75) is 43.7 Å². The Hall–Kier alpha value is -1.67. The number of hydrogen-bond donors (Lipinski definition) is 2. The Kier molecular flexibility index (Phi) is 5.24. The molecule has 0 unspecified atom stereocenters. The standard InChI is InChI=1S/C20H29NO5Si/c1-6-10-21-16-8-7-14(25-3)12-15(16)20(19(21)23)13(2)18(27(4,5)24)17(26-20)9-11-22/h6-8,12-13,17-18,22,24H,1,9-11H2,2-5H3/t13-,17+,18-,20+/m0/s1. The first-order chi connectivity index (χ1) is 12.7. The number of fused-ring (bicyclic) bond motifs is 2. The predicted octanol–water partition coefficient (Wildman–Crippen LogP) is 2.41. The second-order valence-corrected chi connectivity index (χ2v) is 11.9. The summed E-state index contributed by atoms with van der Waals surface area (Å²) in [4.78, 5) is 26.2. The van der Waals surface area contributed by atoms with E-state index in [0.717, 1.165) is 11.3 Å². The zero-order valence-electron chi connectivity index (χ0n) is 16.4. The van der Waals surface area contributed by atoms with Crippen molar-refractivity contribution in [1.82, 2.24) is 0 Å². The van der Waals surface area contributed by atoms with Crippen molar-refractivity contribution in [2.75, 3.05) is 25.2 Å². The molecule has 3 rings (SSSR count). The summed E-state index contributed by atoms with van der Waals surface area (Å²) in [6, 6.07) is 5.56. The van der Waals surface area contributed by atoms with Crippen LogP contribution in [0.15, 0.2) is 30.9 Å². The highest BCUT2D eigenvalue weighted by atomic mass is 28.4. The van der Waals surface area contributed by atoms with Crippen LogP contribution in [0.4, 0.5) is 5.69 Å². The van der Waals surface area contributed by atoms with Crippen molar-refractivity contribution >= 4 is 19.9 Å². The molecule has 27 heavy (non-hydrogen) atoms. The van der Waals surface area contributed by atoms with Gasteiger partial charge in [-0.1, -0.05) is 13.0 Å². The zero-order valence-corrected chi connectivity index (χ0v) is 17.4. The van der Waals surface area contributed by atoms with E-state index in [9.17, 15) is 14.7 Å². The second kappa shape index (κ2) is 7.05. The summed E-state index contributed by atoms with van der Waals surface area (Å²) in [5.74, 6) is 0.288. The minimum atomic E-state index is -2.65. The maximum absolute atomic E-state index is 13.6. The number of aliphatic hydroxyl groups is 1. The molecule has 2 aliphatic heterocycles. The Morgan fingerprint density at radius 2 is 2.15 bits per heavy atom. The smallest absolute Gasteiger partial charge is 0.264 e. The highest BCUT2D eigenvalue weighted by Gasteiger charge is 2.66. The Morgan fingerprint density at radius 1 is 1.44 bits per heavy atom. The van der Waals surface area contributed by atoms with Gasteiger partial charge in [0.1, 0.15) is 5.75 Å². The summed E-state index contributed by atoms with van der Waals surface area (Å²) in [6.07, 6.45) is 1.71. The maximum atomic E-state index is 13.6. The topological polar surface area (TPSA) is 79.2 Å². The van der Waals surface area contributed by atoms with Gasteiger partial charge in [-0.05, 0) is 37.7 Å². The fourth-order valence-corrected chi connectivity index (χ4v) is 7.49. The van der Waals surface area contributed by atoms with E-state index in [0.29, 0.717) is 18.7 Å². The quantitative estimate of drug-likeness (QED) is 0.575. The largest absolute Gasteiger partial charge is 0.497 e. The zero-order chi connectivity index (χ0) is 20.0. The molecule has 1 fully saturated rings. The summed E-state index contributed by atoms with van der Waals surface area (Å²) in [6.45, 7) is 9.82. The van der Waals surface area contributed by atoms with E-state index < -0.39 is 13.9 Å². The van der Waals surface area contributed by atoms with Crippen molar-refractivity contribution in [3.8, 4) is 5.75 Å². The lowest BCUT2D eigenvalue weighted by Crippen LogP contribution is -2.46. The Bertz CT molecular complexity index is 746. The molecule has 1 aromatic rings. The van der Waals surface area contributed by atoms with Crippen LogP contribution in [0.1, 0.15) is 18.9 Å². The lowest BCUT2D eigenvalue weighted by atomic mass is 9.82. The summed E-state index contributed by atoms with van der Waals surface area (Å²) < 4.78 is 11.8. The van der Waals surface area contributed by atoms with Gasteiger partial charge in [-0.3, -0.25) is 4.79 Å².